The minimum absolute atomic E-state index is 0.151. The summed E-state index contributed by atoms with van der Waals surface area (Å²) in [6, 6.07) is 15.6. The number of rotatable bonds is 3. The zero-order valence-electron chi connectivity index (χ0n) is 15.0. The van der Waals surface area contributed by atoms with E-state index in [-0.39, 0.29) is 16.5 Å². The van der Waals surface area contributed by atoms with Crippen molar-refractivity contribution in [3.8, 4) is 11.3 Å². The van der Waals surface area contributed by atoms with E-state index in [1.54, 1.807) is 31.2 Å². The largest absolute Gasteiger partial charge is 0.268 e. The number of aromatic nitrogens is 2. The van der Waals surface area contributed by atoms with Crippen LogP contribution in [-0.4, -0.2) is 24.7 Å². The zero-order valence-corrected chi connectivity index (χ0v) is 15.8. The van der Waals surface area contributed by atoms with Gasteiger partial charge in [0.15, 0.2) is 0 Å². The SMILES string of the molecule is Cc1ccc(-c2ccc(=O)[nH]n2)cc1S(=O)(=O)N1c2ccccc2C[C@H]1C. The van der Waals surface area contributed by atoms with Gasteiger partial charge in [0.1, 0.15) is 0 Å². The molecule has 1 aromatic heterocycles. The van der Waals surface area contributed by atoms with Crippen LogP contribution in [0.3, 0.4) is 0 Å². The van der Waals surface area contributed by atoms with Crippen molar-refractivity contribution in [3.63, 3.8) is 0 Å². The normalized spacial score (nSPS) is 16.4. The van der Waals surface area contributed by atoms with Crippen LogP contribution >= 0.6 is 0 Å². The number of para-hydroxylation sites is 1. The number of aromatic amines is 1. The quantitative estimate of drug-likeness (QED) is 0.756. The maximum Gasteiger partial charge on any atom is 0.264 e. The molecule has 7 heteroatoms. The Morgan fingerprint density at radius 3 is 2.63 bits per heavy atom. The van der Waals surface area contributed by atoms with Crippen molar-refractivity contribution in [2.75, 3.05) is 4.31 Å². The Morgan fingerprint density at radius 1 is 1.11 bits per heavy atom. The van der Waals surface area contributed by atoms with Gasteiger partial charge in [0, 0.05) is 17.7 Å². The van der Waals surface area contributed by atoms with E-state index in [0.717, 1.165) is 11.3 Å². The lowest BCUT2D eigenvalue weighted by atomic mass is 10.1. The Balaban J connectivity index is 1.84. The number of H-pyrrole nitrogens is 1. The van der Waals surface area contributed by atoms with Gasteiger partial charge in [0.05, 0.1) is 16.3 Å². The van der Waals surface area contributed by atoms with Crippen LogP contribution in [0.15, 0.2) is 64.3 Å². The van der Waals surface area contributed by atoms with Crippen molar-refractivity contribution < 1.29 is 8.42 Å². The molecule has 0 spiro atoms. The molecule has 2 aromatic carbocycles. The summed E-state index contributed by atoms with van der Waals surface area (Å²) in [5.74, 6) is 0. The van der Waals surface area contributed by atoms with Crippen molar-refractivity contribution in [3.05, 3.63) is 76.1 Å². The van der Waals surface area contributed by atoms with Crippen molar-refractivity contribution in [2.24, 2.45) is 0 Å². The highest BCUT2D eigenvalue weighted by molar-refractivity contribution is 7.93. The summed E-state index contributed by atoms with van der Waals surface area (Å²) in [6.07, 6.45) is 0.690. The second kappa shape index (κ2) is 6.35. The molecule has 1 atom stereocenters. The zero-order chi connectivity index (χ0) is 19.2. The summed E-state index contributed by atoms with van der Waals surface area (Å²) in [6.45, 7) is 3.70. The molecule has 0 saturated heterocycles. The molecule has 1 aliphatic rings. The molecular formula is C20H19N3O3S. The number of fused-ring (bicyclic) bond motifs is 1. The Morgan fingerprint density at radius 2 is 1.89 bits per heavy atom. The first kappa shape index (κ1) is 17.5. The molecule has 1 N–H and O–H groups in total. The number of anilines is 1. The van der Waals surface area contributed by atoms with Gasteiger partial charge in [-0.25, -0.2) is 13.5 Å². The van der Waals surface area contributed by atoms with Gasteiger partial charge < -0.3 is 0 Å². The van der Waals surface area contributed by atoms with Crippen LogP contribution in [-0.2, 0) is 16.4 Å². The van der Waals surface area contributed by atoms with E-state index in [2.05, 4.69) is 10.2 Å². The summed E-state index contributed by atoms with van der Waals surface area (Å²) in [5.41, 5.74) is 3.28. The van der Waals surface area contributed by atoms with Crippen molar-refractivity contribution in [1.29, 1.82) is 0 Å². The van der Waals surface area contributed by atoms with E-state index in [1.807, 2.05) is 31.2 Å². The van der Waals surface area contributed by atoms with Crippen molar-refractivity contribution in [2.45, 2.75) is 31.2 Å². The standard InChI is InChI=1S/C20H19N3O3S/c1-13-7-8-15(17-9-10-20(24)22-21-17)12-19(13)27(25,26)23-14(2)11-16-5-3-4-6-18(16)23/h3-10,12,14H,11H2,1-2H3,(H,22,24)/t14-/m1/s1. The van der Waals surface area contributed by atoms with Crippen LogP contribution in [0.4, 0.5) is 5.69 Å². The minimum atomic E-state index is -3.74. The molecule has 0 bridgehead atoms. The van der Waals surface area contributed by atoms with Gasteiger partial charge >= 0.3 is 0 Å². The summed E-state index contributed by atoms with van der Waals surface area (Å²) >= 11 is 0. The van der Waals surface area contributed by atoms with E-state index < -0.39 is 10.0 Å². The van der Waals surface area contributed by atoms with Crippen molar-refractivity contribution >= 4 is 15.7 Å². The highest BCUT2D eigenvalue weighted by Gasteiger charge is 2.36. The van der Waals surface area contributed by atoms with Gasteiger partial charge in [-0.15, -0.1) is 0 Å². The molecular weight excluding hydrogens is 362 g/mol. The third-order valence-electron chi connectivity index (χ3n) is 4.84. The monoisotopic (exact) mass is 381 g/mol. The molecule has 27 heavy (non-hydrogen) atoms. The molecule has 138 valence electrons. The Labute approximate surface area is 157 Å². The van der Waals surface area contributed by atoms with Gasteiger partial charge in [-0.2, -0.15) is 5.10 Å². The Bertz CT molecular complexity index is 1160. The molecule has 0 unspecified atom stereocenters. The molecule has 1 aliphatic heterocycles. The lowest BCUT2D eigenvalue weighted by Gasteiger charge is -2.25. The summed E-state index contributed by atoms with van der Waals surface area (Å²) in [4.78, 5) is 11.5. The first-order chi connectivity index (χ1) is 12.9. The second-order valence-electron chi connectivity index (χ2n) is 6.77. The van der Waals surface area contributed by atoms with E-state index in [4.69, 9.17) is 0 Å². The van der Waals surface area contributed by atoms with E-state index in [9.17, 15) is 13.2 Å². The fourth-order valence-corrected chi connectivity index (χ4v) is 5.50. The predicted molar refractivity (Wildman–Crippen MR) is 104 cm³/mol. The number of hydrogen-bond acceptors (Lipinski definition) is 4. The Hall–Kier alpha value is -2.93. The average Bonchev–Trinajstić information content (AvgIpc) is 2.99. The van der Waals surface area contributed by atoms with Crippen LogP contribution in [0.1, 0.15) is 18.1 Å². The predicted octanol–water partition coefficient (Wildman–Crippen LogP) is 2.89. The van der Waals surface area contributed by atoms with Crippen molar-refractivity contribution in [1.82, 2.24) is 10.2 Å². The fourth-order valence-electron chi connectivity index (χ4n) is 3.55. The number of nitrogens with zero attached hydrogens (tertiary/aromatic N) is 2. The number of nitrogens with one attached hydrogen (secondary N) is 1. The lowest BCUT2D eigenvalue weighted by Crippen LogP contribution is -2.36. The van der Waals surface area contributed by atoms with Crippen LogP contribution in [0.2, 0.25) is 0 Å². The maximum absolute atomic E-state index is 13.5. The summed E-state index contributed by atoms with van der Waals surface area (Å²) in [7, 11) is -3.74. The van der Waals surface area contributed by atoms with Gasteiger partial charge in [-0.1, -0.05) is 30.3 Å². The average molecular weight is 381 g/mol. The van der Waals surface area contributed by atoms with E-state index in [0.29, 0.717) is 23.2 Å². The second-order valence-corrected chi connectivity index (χ2v) is 8.55. The molecule has 0 radical (unpaired) electrons. The van der Waals surface area contributed by atoms with Crippen LogP contribution in [0.25, 0.3) is 11.3 Å². The summed E-state index contributed by atoms with van der Waals surface area (Å²) < 4.78 is 28.5. The van der Waals surface area contributed by atoms with Gasteiger partial charge in [0.25, 0.3) is 15.6 Å². The third-order valence-corrected chi connectivity index (χ3v) is 6.91. The molecule has 0 amide bonds. The van der Waals surface area contributed by atoms with E-state index in [1.165, 1.54) is 10.4 Å². The first-order valence-corrected chi connectivity index (χ1v) is 10.1. The number of sulfonamides is 1. The molecule has 4 rings (SSSR count). The molecule has 0 saturated carbocycles. The van der Waals surface area contributed by atoms with Gasteiger partial charge in [-0.05, 0) is 49.6 Å². The topological polar surface area (TPSA) is 83.1 Å². The molecule has 6 nitrogen and oxygen atoms in total. The molecule has 2 heterocycles. The van der Waals surface area contributed by atoms with Gasteiger partial charge in [0.2, 0.25) is 0 Å². The van der Waals surface area contributed by atoms with Crippen LogP contribution in [0, 0.1) is 6.92 Å². The molecule has 0 fully saturated rings. The van der Waals surface area contributed by atoms with Crippen LogP contribution in [0.5, 0.6) is 0 Å². The molecule has 3 aromatic rings. The summed E-state index contributed by atoms with van der Waals surface area (Å²) in [5, 5.41) is 6.38. The lowest BCUT2D eigenvalue weighted by molar-refractivity contribution is 0.583. The van der Waals surface area contributed by atoms with Gasteiger partial charge in [-0.3, -0.25) is 9.10 Å². The smallest absolute Gasteiger partial charge is 0.264 e. The highest BCUT2D eigenvalue weighted by atomic mass is 32.2. The first-order valence-electron chi connectivity index (χ1n) is 8.67. The maximum atomic E-state index is 13.5. The Kier molecular flexibility index (Phi) is 4.11. The third kappa shape index (κ3) is 2.94. The minimum Gasteiger partial charge on any atom is -0.268 e. The number of hydrogen-bond donors (Lipinski definition) is 1. The van der Waals surface area contributed by atoms with Crippen LogP contribution < -0.4 is 9.86 Å². The number of aryl methyl sites for hydroxylation is 1. The van der Waals surface area contributed by atoms with E-state index >= 15 is 0 Å². The highest BCUT2D eigenvalue weighted by Crippen LogP contribution is 2.37. The fraction of sp³-hybridized carbons (Fsp3) is 0.200. The number of benzene rings is 2. The molecule has 0 aliphatic carbocycles.